The molecule has 0 aliphatic carbocycles. The standard InChI is InChI=1S/C22H18F3N5O2/c1-12-18(22(23,24)25)9-16(11-26-12)28-19(31)7-13-3-5-14(6-4-13)15-8-17-20(27-10-15)29-30-21(17)32-2/h3-6,8-11H,7H2,1-2H3,(H,28,31)(H,27,29,30). The molecule has 0 bridgehead atoms. The number of carbonyl (C=O) groups is 1. The Kier molecular flexibility index (Phi) is 5.52. The van der Waals surface area contributed by atoms with Crippen molar-refractivity contribution in [3.63, 3.8) is 0 Å². The van der Waals surface area contributed by atoms with Crippen molar-refractivity contribution in [3.8, 4) is 17.0 Å². The topological polar surface area (TPSA) is 92.8 Å². The van der Waals surface area contributed by atoms with Crippen LogP contribution in [0.25, 0.3) is 22.2 Å². The fourth-order valence-corrected chi connectivity index (χ4v) is 3.29. The zero-order chi connectivity index (χ0) is 22.9. The largest absolute Gasteiger partial charge is 0.479 e. The van der Waals surface area contributed by atoms with Crippen molar-refractivity contribution < 1.29 is 22.7 Å². The van der Waals surface area contributed by atoms with Gasteiger partial charge in [0.25, 0.3) is 0 Å². The van der Waals surface area contributed by atoms with Crippen molar-refractivity contribution >= 4 is 22.6 Å². The summed E-state index contributed by atoms with van der Waals surface area (Å²) >= 11 is 0. The van der Waals surface area contributed by atoms with Crippen LogP contribution in [0.4, 0.5) is 18.9 Å². The van der Waals surface area contributed by atoms with Crippen LogP contribution < -0.4 is 10.1 Å². The number of nitrogens with one attached hydrogen (secondary N) is 2. The maximum absolute atomic E-state index is 13.0. The molecule has 0 fully saturated rings. The first-order valence-corrected chi connectivity index (χ1v) is 9.55. The van der Waals surface area contributed by atoms with E-state index in [1.54, 1.807) is 18.3 Å². The van der Waals surface area contributed by atoms with Gasteiger partial charge in [-0.2, -0.15) is 13.2 Å². The van der Waals surface area contributed by atoms with Gasteiger partial charge in [0.15, 0.2) is 5.65 Å². The van der Waals surface area contributed by atoms with E-state index in [2.05, 4.69) is 25.5 Å². The van der Waals surface area contributed by atoms with Crippen molar-refractivity contribution in [2.75, 3.05) is 12.4 Å². The summed E-state index contributed by atoms with van der Waals surface area (Å²) in [6.07, 6.45) is -1.63. The van der Waals surface area contributed by atoms with E-state index in [4.69, 9.17) is 4.74 Å². The van der Waals surface area contributed by atoms with E-state index in [0.29, 0.717) is 17.1 Å². The van der Waals surface area contributed by atoms with Gasteiger partial charge in [-0.1, -0.05) is 24.3 Å². The molecule has 164 valence electrons. The van der Waals surface area contributed by atoms with Gasteiger partial charge in [0.2, 0.25) is 11.8 Å². The highest BCUT2D eigenvalue weighted by atomic mass is 19.4. The van der Waals surface area contributed by atoms with Gasteiger partial charge in [0.1, 0.15) is 0 Å². The smallest absolute Gasteiger partial charge is 0.418 e. The number of methoxy groups -OCH3 is 1. The Morgan fingerprint density at radius 3 is 2.53 bits per heavy atom. The second-order valence-electron chi connectivity index (χ2n) is 7.13. The predicted molar refractivity (Wildman–Crippen MR) is 112 cm³/mol. The number of benzene rings is 1. The lowest BCUT2D eigenvalue weighted by Gasteiger charge is -2.12. The van der Waals surface area contributed by atoms with Crippen LogP contribution in [0.1, 0.15) is 16.8 Å². The second kappa shape index (κ2) is 8.29. The molecule has 7 nitrogen and oxygen atoms in total. The Bertz CT molecular complexity index is 1280. The first-order chi connectivity index (χ1) is 15.2. The fraction of sp³-hybridized carbons (Fsp3) is 0.182. The number of alkyl halides is 3. The van der Waals surface area contributed by atoms with E-state index in [-0.39, 0.29) is 17.8 Å². The number of H-pyrrole nitrogens is 1. The van der Waals surface area contributed by atoms with E-state index in [1.165, 1.54) is 20.2 Å². The average molecular weight is 441 g/mol. The summed E-state index contributed by atoms with van der Waals surface area (Å²) in [7, 11) is 1.53. The van der Waals surface area contributed by atoms with Gasteiger partial charge in [-0.15, -0.1) is 5.10 Å². The highest BCUT2D eigenvalue weighted by Gasteiger charge is 2.33. The maximum Gasteiger partial charge on any atom is 0.418 e. The number of halogens is 3. The van der Waals surface area contributed by atoms with Crippen molar-refractivity contribution in [3.05, 3.63) is 65.6 Å². The molecule has 1 aromatic carbocycles. The van der Waals surface area contributed by atoms with E-state index in [0.717, 1.165) is 22.6 Å². The lowest BCUT2D eigenvalue weighted by molar-refractivity contribution is -0.138. The van der Waals surface area contributed by atoms with Crippen LogP contribution in [0.3, 0.4) is 0 Å². The number of aryl methyl sites for hydroxylation is 1. The molecule has 0 radical (unpaired) electrons. The van der Waals surface area contributed by atoms with Crippen LogP contribution in [-0.2, 0) is 17.4 Å². The molecule has 3 heterocycles. The number of fused-ring (bicyclic) bond motifs is 1. The molecule has 0 saturated carbocycles. The lowest BCUT2D eigenvalue weighted by atomic mass is 10.0. The van der Waals surface area contributed by atoms with Crippen LogP contribution in [0.2, 0.25) is 0 Å². The molecule has 4 rings (SSSR count). The molecular weight excluding hydrogens is 423 g/mol. The molecule has 0 atom stereocenters. The minimum Gasteiger partial charge on any atom is -0.479 e. The summed E-state index contributed by atoms with van der Waals surface area (Å²) in [5.41, 5.74) is 2.02. The Balaban J connectivity index is 1.47. The van der Waals surface area contributed by atoms with E-state index < -0.39 is 17.6 Å². The highest BCUT2D eigenvalue weighted by molar-refractivity contribution is 5.92. The van der Waals surface area contributed by atoms with Crippen LogP contribution >= 0.6 is 0 Å². The van der Waals surface area contributed by atoms with Gasteiger partial charge >= 0.3 is 6.18 Å². The van der Waals surface area contributed by atoms with Gasteiger partial charge in [0, 0.05) is 17.5 Å². The zero-order valence-electron chi connectivity index (χ0n) is 17.1. The highest BCUT2D eigenvalue weighted by Crippen LogP contribution is 2.32. The molecule has 0 spiro atoms. The second-order valence-corrected chi connectivity index (χ2v) is 7.13. The number of aromatic amines is 1. The first kappa shape index (κ1) is 21.3. The van der Waals surface area contributed by atoms with E-state index in [1.807, 2.05) is 18.2 Å². The Morgan fingerprint density at radius 2 is 1.84 bits per heavy atom. The quantitative estimate of drug-likeness (QED) is 0.475. The normalized spacial score (nSPS) is 11.5. The maximum atomic E-state index is 13.0. The van der Waals surface area contributed by atoms with E-state index in [9.17, 15) is 18.0 Å². The molecule has 3 aromatic heterocycles. The number of pyridine rings is 2. The number of hydrogen-bond donors (Lipinski definition) is 2. The van der Waals surface area contributed by atoms with Gasteiger partial charge in [-0.3, -0.25) is 14.9 Å². The number of carbonyl (C=O) groups excluding carboxylic acids is 1. The Hall–Kier alpha value is -3.95. The van der Waals surface area contributed by atoms with Crippen molar-refractivity contribution in [2.24, 2.45) is 0 Å². The molecule has 4 aromatic rings. The van der Waals surface area contributed by atoms with Crippen LogP contribution in [-0.4, -0.2) is 33.2 Å². The molecule has 1 amide bonds. The third-order valence-corrected chi connectivity index (χ3v) is 4.90. The zero-order valence-corrected chi connectivity index (χ0v) is 17.1. The molecule has 32 heavy (non-hydrogen) atoms. The number of amides is 1. The number of hydrogen-bond acceptors (Lipinski definition) is 5. The summed E-state index contributed by atoms with van der Waals surface area (Å²) in [5.74, 6) is 0.00432. The number of nitrogens with zero attached hydrogens (tertiary/aromatic N) is 3. The van der Waals surface area contributed by atoms with Gasteiger partial charge in [-0.25, -0.2) is 4.98 Å². The fourth-order valence-electron chi connectivity index (χ4n) is 3.29. The summed E-state index contributed by atoms with van der Waals surface area (Å²) in [4.78, 5) is 20.4. The summed E-state index contributed by atoms with van der Waals surface area (Å²) in [6, 6.07) is 10.0. The molecule has 2 N–H and O–H groups in total. The average Bonchev–Trinajstić information content (AvgIpc) is 3.17. The lowest BCUT2D eigenvalue weighted by Crippen LogP contribution is -2.16. The third-order valence-electron chi connectivity index (χ3n) is 4.90. The van der Waals surface area contributed by atoms with Crippen LogP contribution in [0.5, 0.6) is 5.88 Å². The van der Waals surface area contributed by atoms with Gasteiger partial charge in [0.05, 0.1) is 36.4 Å². The summed E-state index contributed by atoms with van der Waals surface area (Å²) in [6.45, 7) is 1.27. The minimum absolute atomic E-state index is 0.00187. The van der Waals surface area contributed by atoms with Gasteiger partial charge in [-0.05, 0) is 30.2 Å². The predicted octanol–water partition coefficient (Wildman–Crippen LogP) is 4.54. The minimum atomic E-state index is -4.54. The number of rotatable bonds is 5. The van der Waals surface area contributed by atoms with Crippen molar-refractivity contribution in [2.45, 2.75) is 19.5 Å². The Morgan fingerprint density at radius 1 is 1.09 bits per heavy atom. The van der Waals surface area contributed by atoms with Crippen molar-refractivity contribution in [1.82, 2.24) is 20.2 Å². The molecule has 0 aliphatic rings. The van der Waals surface area contributed by atoms with Crippen molar-refractivity contribution in [1.29, 1.82) is 0 Å². The Labute approximate surface area is 180 Å². The van der Waals surface area contributed by atoms with Gasteiger partial charge < -0.3 is 10.1 Å². The first-order valence-electron chi connectivity index (χ1n) is 9.55. The molecule has 0 unspecified atom stereocenters. The number of aromatic nitrogens is 4. The van der Waals surface area contributed by atoms with Crippen LogP contribution in [0.15, 0.2) is 48.8 Å². The van der Waals surface area contributed by atoms with E-state index >= 15 is 0 Å². The third kappa shape index (κ3) is 4.39. The SMILES string of the molecule is COc1n[nH]c2ncc(-c3ccc(CC(=O)Nc4cnc(C)c(C(F)(F)F)c4)cc3)cc12. The molecule has 0 aliphatic heterocycles. The summed E-state index contributed by atoms with van der Waals surface area (Å²) < 4.78 is 44.3. The van der Waals surface area contributed by atoms with Crippen LogP contribution in [0, 0.1) is 6.92 Å². The molecular formula is C22H18F3N5O2. The monoisotopic (exact) mass is 441 g/mol. The molecule has 10 heteroatoms. The number of ether oxygens (including phenoxy) is 1. The molecule has 0 saturated heterocycles. The summed E-state index contributed by atoms with van der Waals surface area (Å²) in [5, 5.41) is 10.0. The number of anilines is 1.